The lowest BCUT2D eigenvalue weighted by Crippen LogP contribution is -2.28. The highest BCUT2D eigenvalue weighted by molar-refractivity contribution is 7.96. The molecule has 1 amide bonds. The number of carbonyl (C=O) groups excluding carboxylic acids is 1. The van der Waals surface area contributed by atoms with Crippen molar-refractivity contribution in [3.8, 4) is 0 Å². The van der Waals surface area contributed by atoms with Crippen LogP contribution in [0.2, 0.25) is 0 Å². The number of aromatic nitrogens is 1. The van der Waals surface area contributed by atoms with Crippen LogP contribution in [0, 0.1) is 10.1 Å². The van der Waals surface area contributed by atoms with E-state index in [1.807, 2.05) is 0 Å². The molecule has 2 aromatic carbocycles. The molecular weight excluding hydrogens is 406 g/mol. The van der Waals surface area contributed by atoms with Gasteiger partial charge in [-0.2, -0.15) is 0 Å². The molecule has 1 aromatic heterocycles. The Morgan fingerprint density at radius 3 is 2.33 bits per heavy atom. The molecule has 0 aliphatic carbocycles. The van der Waals surface area contributed by atoms with Crippen LogP contribution in [0.1, 0.15) is 11.1 Å². The first-order valence-electron chi connectivity index (χ1n) is 8.81. The summed E-state index contributed by atoms with van der Waals surface area (Å²) in [5, 5.41) is 13.4. The normalized spacial score (nSPS) is 11.7. The number of nitrogens with zero attached hydrogens (tertiary/aromatic N) is 2. The predicted octanol–water partition coefficient (Wildman–Crippen LogP) is 3.12. The van der Waals surface area contributed by atoms with Crippen LogP contribution in [-0.4, -0.2) is 24.2 Å². The summed E-state index contributed by atoms with van der Waals surface area (Å²) in [6.45, 7) is 0.0918. The zero-order valence-corrected chi connectivity index (χ0v) is 16.5. The summed E-state index contributed by atoms with van der Waals surface area (Å²) in [7, 11) is -4.13. The number of rotatable bonds is 7. The van der Waals surface area contributed by atoms with Crippen LogP contribution in [0.15, 0.2) is 88.9 Å². The van der Waals surface area contributed by atoms with Crippen molar-refractivity contribution in [2.45, 2.75) is 11.4 Å². The number of hydrogen-bond donors (Lipinski definition) is 1. The minimum atomic E-state index is -4.13. The van der Waals surface area contributed by atoms with Crippen molar-refractivity contribution in [3.63, 3.8) is 0 Å². The second-order valence-corrected chi connectivity index (χ2v) is 8.14. The molecule has 0 atom stereocenters. The molecule has 0 saturated heterocycles. The molecule has 0 bridgehead atoms. The van der Waals surface area contributed by atoms with E-state index in [9.17, 15) is 23.3 Å². The maximum atomic E-state index is 13.1. The largest absolute Gasteiger partial charge is 0.347 e. The van der Waals surface area contributed by atoms with Gasteiger partial charge in [0.2, 0.25) is 9.84 Å². The van der Waals surface area contributed by atoms with Gasteiger partial charge in [-0.25, -0.2) is 8.42 Å². The summed E-state index contributed by atoms with van der Waals surface area (Å²) in [5.74, 6) is -0.791. The first kappa shape index (κ1) is 20.9. The van der Waals surface area contributed by atoms with E-state index in [4.69, 9.17) is 0 Å². The van der Waals surface area contributed by atoms with Gasteiger partial charge in [-0.3, -0.25) is 19.9 Å². The lowest BCUT2D eigenvalue weighted by Gasteiger charge is -2.11. The van der Waals surface area contributed by atoms with Gasteiger partial charge in [-0.15, -0.1) is 0 Å². The van der Waals surface area contributed by atoms with E-state index < -0.39 is 25.6 Å². The Morgan fingerprint density at radius 2 is 1.73 bits per heavy atom. The Kier molecular flexibility index (Phi) is 6.33. The molecule has 0 radical (unpaired) electrons. The number of nitro benzene ring substituents is 1. The molecule has 1 N–H and O–H groups in total. The number of amides is 1. The smallest absolute Gasteiger partial charge is 0.269 e. The molecular formula is C21H17N3O5S. The Balaban J connectivity index is 1.97. The van der Waals surface area contributed by atoms with Gasteiger partial charge in [0.15, 0.2) is 0 Å². The van der Waals surface area contributed by atoms with E-state index in [2.05, 4.69) is 10.3 Å². The number of hydrogen-bond acceptors (Lipinski definition) is 6. The van der Waals surface area contributed by atoms with Crippen molar-refractivity contribution in [3.05, 3.63) is 105 Å². The van der Waals surface area contributed by atoms with E-state index >= 15 is 0 Å². The van der Waals surface area contributed by atoms with Crippen molar-refractivity contribution in [2.75, 3.05) is 0 Å². The van der Waals surface area contributed by atoms with E-state index in [-0.39, 0.29) is 17.1 Å². The Labute approximate surface area is 173 Å². The maximum Gasteiger partial charge on any atom is 0.269 e. The van der Waals surface area contributed by atoms with Crippen molar-refractivity contribution < 1.29 is 18.1 Å². The highest BCUT2D eigenvalue weighted by atomic mass is 32.2. The van der Waals surface area contributed by atoms with Crippen molar-refractivity contribution >= 4 is 27.5 Å². The minimum Gasteiger partial charge on any atom is -0.347 e. The SMILES string of the molecule is O=C(NCc1cccnc1)/C(=C/c1ccc([N+](=O)[O-])cc1)S(=O)(=O)c1ccccc1. The molecule has 3 rings (SSSR count). The van der Waals surface area contributed by atoms with Gasteiger partial charge in [0.1, 0.15) is 4.91 Å². The fraction of sp³-hybridized carbons (Fsp3) is 0.0476. The van der Waals surface area contributed by atoms with Crippen molar-refractivity contribution in [1.82, 2.24) is 10.3 Å². The quantitative estimate of drug-likeness (QED) is 0.354. The summed E-state index contributed by atoms with van der Waals surface area (Å²) in [6, 6.07) is 16.3. The van der Waals surface area contributed by atoms with Crippen LogP contribution >= 0.6 is 0 Å². The number of pyridine rings is 1. The summed E-state index contributed by atoms with van der Waals surface area (Å²) in [5.41, 5.74) is 0.907. The summed E-state index contributed by atoms with van der Waals surface area (Å²) >= 11 is 0. The lowest BCUT2D eigenvalue weighted by atomic mass is 10.2. The van der Waals surface area contributed by atoms with Crippen molar-refractivity contribution in [2.24, 2.45) is 0 Å². The second kappa shape index (κ2) is 9.10. The second-order valence-electron chi connectivity index (χ2n) is 6.22. The molecule has 0 aliphatic heterocycles. The molecule has 9 heteroatoms. The van der Waals surface area contributed by atoms with Crippen LogP contribution < -0.4 is 5.32 Å². The number of benzene rings is 2. The fourth-order valence-electron chi connectivity index (χ4n) is 2.61. The number of carbonyl (C=O) groups is 1. The summed E-state index contributed by atoms with van der Waals surface area (Å²) in [6.07, 6.45) is 4.35. The third-order valence-corrected chi connectivity index (χ3v) is 5.92. The fourth-order valence-corrected chi connectivity index (χ4v) is 3.98. The average molecular weight is 423 g/mol. The van der Waals surface area contributed by atoms with Crippen molar-refractivity contribution in [1.29, 1.82) is 0 Å². The molecule has 0 fully saturated rings. The van der Waals surface area contributed by atoms with Crippen LogP contribution in [0.4, 0.5) is 5.69 Å². The Bertz CT molecular complexity index is 1180. The number of sulfone groups is 1. The molecule has 3 aromatic rings. The lowest BCUT2D eigenvalue weighted by molar-refractivity contribution is -0.384. The minimum absolute atomic E-state index is 0.0327. The van der Waals surface area contributed by atoms with Gasteiger partial charge >= 0.3 is 0 Å². The van der Waals surface area contributed by atoms with Crippen LogP contribution in [0.25, 0.3) is 6.08 Å². The van der Waals surface area contributed by atoms with E-state index in [0.29, 0.717) is 11.1 Å². The molecule has 0 saturated carbocycles. The summed E-state index contributed by atoms with van der Waals surface area (Å²) in [4.78, 5) is 26.6. The van der Waals surface area contributed by atoms with Gasteiger partial charge < -0.3 is 5.32 Å². The van der Waals surface area contributed by atoms with E-state index in [0.717, 1.165) is 0 Å². The first-order valence-corrected chi connectivity index (χ1v) is 10.3. The number of nitro groups is 1. The zero-order valence-electron chi connectivity index (χ0n) is 15.6. The number of nitrogens with one attached hydrogen (secondary N) is 1. The third-order valence-electron chi connectivity index (χ3n) is 4.14. The molecule has 152 valence electrons. The molecule has 0 unspecified atom stereocenters. The topological polar surface area (TPSA) is 119 Å². The molecule has 0 spiro atoms. The van der Waals surface area contributed by atoms with Crippen LogP contribution in [0.5, 0.6) is 0 Å². The molecule has 0 aliphatic rings. The summed E-state index contributed by atoms with van der Waals surface area (Å²) < 4.78 is 26.2. The molecule has 8 nitrogen and oxygen atoms in total. The molecule has 1 heterocycles. The highest BCUT2D eigenvalue weighted by Gasteiger charge is 2.27. The van der Waals surface area contributed by atoms with E-state index in [1.165, 1.54) is 42.5 Å². The Morgan fingerprint density at radius 1 is 1.03 bits per heavy atom. The Hall–Kier alpha value is -3.85. The van der Waals surface area contributed by atoms with Gasteiger partial charge in [-0.05, 0) is 47.5 Å². The van der Waals surface area contributed by atoms with E-state index in [1.54, 1.807) is 42.7 Å². The average Bonchev–Trinajstić information content (AvgIpc) is 2.77. The van der Waals surface area contributed by atoms with Gasteiger partial charge in [0.25, 0.3) is 11.6 Å². The van der Waals surface area contributed by atoms with Crippen LogP contribution in [-0.2, 0) is 21.2 Å². The molecule has 30 heavy (non-hydrogen) atoms. The van der Waals surface area contributed by atoms with Gasteiger partial charge in [0, 0.05) is 31.1 Å². The first-order chi connectivity index (χ1) is 14.4. The maximum absolute atomic E-state index is 13.1. The van der Waals surface area contributed by atoms with Gasteiger partial charge in [-0.1, -0.05) is 24.3 Å². The third kappa shape index (κ3) is 4.95. The van der Waals surface area contributed by atoms with Crippen LogP contribution in [0.3, 0.4) is 0 Å². The zero-order chi connectivity index (χ0) is 21.6. The highest BCUT2D eigenvalue weighted by Crippen LogP contribution is 2.23. The predicted molar refractivity (Wildman–Crippen MR) is 111 cm³/mol. The number of non-ortho nitro benzene ring substituents is 1. The standard InChI is InChI=1S/C21H17N3O5S/c25-21(23-15-17-5-4-12-22-14-17)20(30(28,29)19-6-2-1-3-7-19)13-16-8-10-18(11-9-16)24(26)27/h1-14H,15H2,(H,23,25)/b20-13-. The monoisotopic (exact) mass is 423 g/mol. The van der Waals surface area contributed by atoms with Gasteiger partial charge in [0.05, 0.1) is 9.82 Å².